The van der Waals surface area contributed by atoms with Crippen LogP contribution in [0, 0.1) is 3.57 Å². The van der Waals surface area contributed by atoms with Gasteiger partial charge in [0.1, 0.15) is 11.9 Å². The van der Waals surface area contributed by atoms with Crippen LogP contribution >= 0.6 is 22.6 Å². The summed E-state index contributed by atoms with van der Waals surface area (Å²) in [5.41, 5.74) is 3.96. The predicted octanol–water partition coefficient (Wildman–Crippen LogP) is 2.06. The molecule has 0 saturated heterocycles. The van der Waals surface area contributed by atoms with Crippen LogP contribution in [0.2, 0.25) is 0 Å². The minimum absolute atomic E-state index is 0.0698. The second-order valence-corrected chi connectivity index (χ2v) is 4.97. The van der Waals surface area contributed by atoms with E-state index in [0.717, 1.165) is 17.9 Å². The van der Waals surface area contributed by atoms with Crippen molar-refractivity contribution < 1.29 is 0 Å². The van der Waals surface area contributed by atoms with Crippen molar-refractivity contribution in [3.8, 4) is 0 Å². The minimum atomic E-state index is -0.0698. The molecule has 0 radical (unpaired) electrons. The van der Waals surface area contributed by atoms with Crippen molar-refractivity contribution in [3.05, 3.63) is 51.6 Å². The number of benzene rings is 1. The summed E-state index contributed by atoms with van der Waals surface area (Å²) >= 11 is 2.30. The molecule has 0 aliphatic carbocycles. The molecular weight excluding hydrogens is 327 g/mol. The first-order valence-corrected chi connectivity index (χ1v) is 6.56. The highest BCUT2D eigenvalue weighted by atomic mass is 127. The number of hydrogen-bond donors (Lipinski definition) is 2. The number of nitrogens with one attached hydrogen (secondary N) is 1. The number of hydrogen-bond acceptors (Lipinski definition) is 3. The molecule has 3 N–H and O–H groups in total. The van der Waals surface area contributed by atoms with Crippen LogP contribution < -0.4 is 11.3 Å². The highest BCUT2D eigenvalue weighted by Gasteiger charge is 2.17. The molecule has 0 aliphatic rings. The lowest BCUT2D eigenvalue weighted by Gasteiger charge is -2.17. The standard InChI is InChI=1S/C12H15IN4/c1-2-17-7-6-15-12(17)11(16-14)9-4-3-5-10(13)8-9/h3-8,11,16H,2,14H2,1H3. The molecule has 17 heavy (non-hydrogen) atoms. The highest BCUT2D eigenvalue weighted by molar-refractivity contribution is 14.1. The molecule has 1 atom stereocenters. The van der Waals surface area contributed by atoms with Gasteiger partial charge in [-0.25, -0.2) is 10.4 Å². The van der Waals surface area contributed by atoms with Gasteiger partial charge in [-0.3, -0.25) is 5.84 Å². The number of nitrogens with zero attached hydrogens (tertiary/aromatic N) is 2. The number of aryl methyl sites for hydroxylation is 1. The molecule has 1 unspecified atom stereocenters. The fourth-order valence-corrected chi connectivity index (χ4v) is 2.42. The molecule has 4 nitrogen and oxygen atoms in total. The largest absolute Gasteiger partial charge is 0.334 e. The Bertz CT molecular complexity index is 495. The maximum absolute atomic E-state index is 5.66. The van der Waals surface area contributed by atoms with E-state index in [0.29, 0.717) is 0 Å². The molecule has 1 aromatic heterocycles. The van der Waals surface area contributed by atoms with Gasteiger partial charge in [0.05, 0.1) is 0 Å². The average Bonchev–Trinajstić information content (AvgIpc) is 2.78. The summed E-state index contributed by atoms with van der Waals surface area (Å²) in [7, 11) is 0. The Morgan fingerprint density at radius 2 is 2.35 bits per heavy atom. The zero-order valence-electron chi connectivity index (χ0n) is 9.60. The monoisotopic (exact) mass is 342 g/mol. The second-order valence-electron chi connectivity index (χ2n) is 3.73. The van der Waals surface area contributed by atoms with E-state index in [2.05, 4.69) is 62.7 Å². The van der Waals surface area contributed by atoms with E-state index in [1.165, 1.54) is 3.57 Å². The molecule has 0 spiro atoms. The van der Waals surface area contributed by atoms with Crippen molar-refractivity contribution >= 4 is 22.6 Å². The topological polar surface area (TPSA) is 55.9 Å². The van der Waals surface area contributed by atoms with E-state index in [9.17, 15) is 0 Å². The van der Waals surface area contributed by atoms with Gasteiger partial charge in [-0.05, 0) is 47.2 Å². The predicted molar refractivity (Wildman–Crippen MR) is 76.2 cm³/mol. The highest BCUT2D eigenvalue weighted by Crippen LogP contribution is 2.21. The summed E-state index contributed by atoms with van der Waals surface area (Å²) in [6.07, 6.45) is 3.77. The molecule has 90 valence electrons. The average molecular weight is 342 g/mol. The molecule has 1 heterocycles. The van der Waals surface area contributed by atoms with Crippen LogP contribution in [-0.2, 0) is 6.54 Å². The molecular formula is C12H15IN4. The van der Waals surface area contributed by atoms with Gasteiger partial charge in [-0.2, -0.15) is 0 Å². The first-order valence-electron chi connectivity index (χ1n) is 5.49. The summed E-state index contributed by atoms with van der Waals surface area (Å²) in [4.78, 5) is 4.38. The first-order chi connectivity index (χ1) is 8.26. The van der Waals surface area contributed by atoms with Gasteiger partial charge in [0.25, 0.3) is 0 Å². The molecule has 2 aromatic rings. The van der Waals surface area contributed by atoms with Crippen LogP contribution in [0.25, 0.3) is 0 Å². The maximum atomic E-state index is 5.66. The lowest BCUT2D eigenvalue weighted by molar-refractivity contribution is 0.561. The van der Waals surface area contributed by atoms with Crippen molar-refractivity contribution in [2.45, 2.75) is 19.5 Å². The van der Waals surface area contributed by atoms with E-state index in [1.54, 1.807) is 6.20 Å². The Hall–Kier alpha value is -0.920. The molecule has 2 rings (SSSR count). The van der Waals surface area contributed by atoms with Gasteiger partial charge >= 0.3 is 0 Å². The van der Waals surface area contributed by atoms with Crippen LogP contribution in [0.1, 0.15) is 24.4 Å². The zero-order chi connectivity index (χ0) is 12.3. The third-order valence-corrected chi connectivity index (χ3v) is 3.37. The van der Waals surface area contributed by atoms with E-state index < -0.39 is 0 Å². The smallest absolute Gasteiger partial charge is 0.131 e. The number of aromatic nitrogens is 2. The van der Waals surface area contributed by atoms with Crippen LogP contribution in [-0.4, -0.2) is 9.55 Å². The number of rotatable bonds is 4. The number of nitrogens with two attached hydrogens (primary N) is 1. The molecule has 1 aromatic carbocycles. The quantitative estimate of drug-likeness (QED) is 0.508. The Kier molecular flexibility index (Phi) is 4.14. The first kappa shape index (κ1) is 12.5. The molecule has 0 amide bonds. The van der Waals surface area contributed by atoms with Crippen molar-refractivity contribution in [1.82, 2.24) is 15.0 Å². The number of hydrazine groups is 1. The van der Waals surface area contributed by atoms with E-state index >= 15 is 0 Å². The fourth-order valence-electron chi connectivity index (χ4n) is 1.85. The van der Waals surface area contributed by atoms with Gasteiger partial charge in [-0.15, -0.1) is 0 Å². The third kappa shape index (κ3) is 2.67. The van der Waals surface area contributed by atoms with Crippen LogP contribution in [0.5, 0.6) is 0 Å². The maximum Gasteiger partial charge on any atom is 0.131 e. The number of imidazole rings is 1. The van der Waals surface area contributed by atoms with Crippen LogP contribution in [0.3, 0.4) is 0 Å². The Morgan fingerprint density at radius 1 is 1.53 bits per heavy atom. The van der Waals surface area contributed by atoms with Crippen molar-refractivity contribution in [1.29, 1.82) is 0 Å². The molecule has 0 saturated carbocycles. The van der Waals surface area contributed by atoms with Crippen molar-refractivity contribution in [2.24, 2.45) is 5.84 Å². The molecule has 0 fully saturated rings. The minimum Gasteiger partial charge on any atom is -0.334 e. The van der Waals surface area contributed by atoms with Crippen molar-refractivity contribution in [2.75, 3.05) is 0 Å². The summed E-state index contributed by atoms with van der Waals surface area (Å²) in [5, 5.41) is 0. The van der Waals surface area contributed by atoms with Gasteiger partial charge < -0.3 is 4.57 Å². The lowest BCUT2D eigenvalue weighted by Crippen LogP contribution is -2.31. The molecule has 0 aliphatic heterocycles. The summed E-state index contributed by atoms with van der Waals surface area (Å²) in [6.45, 7) is 2.98. The van der Waals surface area contributed by atoms with Gasteiger partial charge in [0, 0.05) is 22.5 Å². The van der Waals surface area contributed by atoms with Crippen LogP contribution in [0.15, 0.2) is 36.7 Å². The zero-order valence-corrected chi connectivity index (χ0v) is 11.8. The number of halogens is 1. The Morgan fingerprint density at radius 3 is 3.00 bits per heavy atom. The summed E-state index contributed by atoms with van der Waals surface area (Å²) < 4.78 is 3.28. The Balaban J connectivity index is 2.40. The lowest BCUT2D eigenvalue weighted by atomic mass is 10.1. The second kappa shape index (κ2) is 5.61. The van der Waals surface area contributed by atoms with E-state index in [4.69, 9.17) is 5.84 Å². The Labute approximate surface area is 114 Å². The summed E-state index contributed by atoms with van der Waals surface area (Å²) in [5.74, 6) is 6.61. The van der Waals surface area contributed by atoms with Crippen LogP contribution in [0.4, 0.5) is 0 Å². The summed E-state index contributed by atoms with van der Waals surface area (Å²) in [6, 6.07) is 8.19. The normalized spacial score (nSPS) is 12.6. The van der Waals surface area contributed by atoms with Gasteiger partial charge in [0.15, 0.2) is 0 Å². The van der Waals surface area contributed by atoms with Crippen molar-refractivity contribution in [3.63, 3.8) is 0 Å². The fraction of sp³-hybridized carbons (Fsp3) is 0.250. The molecule has 0 bridgehead atoms. The van der Waals surface area contributed by atoms with E-state index in [1.807, 2.05) is 12.3 Å². The molecule has 5 heteroatoms. The van der Waals surface area contributed by atoms with Gasteiger partial charge in [-0.1, -0.05) is 12.1 Å². The van der Waals surface area contributed by atoms with E-state index in [-0.39, 0.29) is 6.04 Å². The third-order valence-electron chi connectivity index (χ3n) is 2.70. The SMILES string of the molecule is CCn1ccnc1C(NN)c1cccc(I)c1. The van der Waals surface area contributed by atoms with Gasteiger partial charge in [0.2, 0.25) is 0 Å².